The van der Waals surface area contributed by atoms with Crippen molar-refractivity contribution in [3.63, 3.8) is 0 Å². The Morgan fingerprint density at radius 3 is 2.69 bits per heavy atom. The third kappa shape index (κ3) is 4.37. The lowest BCUT2D eigenvalue weighted by molar-refractivity contribution is -0.121. The normalized spacial score (nSPS) is 11.9. The number of anilines is 1. The lowest BCUT2D eigenvalue weighted by atomic mass is 10.2. The molecule has 26 heavy (non-hydrogen) atoms. The maximum Gasteiger partial charge on any atom is 0.282 e. The lowest BCUT2D eigenvalue weighted by Crippen LogP contribution is -2.47. The number of rotatable bonds is 6. The second-order valence-corrected chi connectivity index (χ2v) is 7.10. The molecule has 2 aromatic rings. The molecule has 0 N–H and O–H groups in total. The second kappa shape index (κ2) is 9.05. The maximum absolute atomic E-state index is 12.9. The summed E-state index contributed by atoms with van der Waals surface area (Å²) in [7, 11) is 1.63. The molecule has 0 bridgehead atoms. The van der Waals surface area contributed by atoms with E-state index in [0.717, 1.165) is 5.69 Å². The predicted octanol–water partition coefficient (Wildman–Crippen LogP) is 3.47. The Morgan fingerprint density at radius 1 is 1.38 bits per heavy atom. The van der Waals surface area contributed by atoms with Crippen LogP contribution < -0.4 is 4.90 Å². The first-order chi connectivity index (χ1) is 12.4. The zero-order chi connectivity index (χ0) is 19.3. The van der Waals surface area contributed by atoms with E-state index in [4.69, 9.17) is 11.6 Å². The van der Waals surface area contributed by atoms with Crippen molar-refractivity contribution in [3.8, 4) is 5.69 Å². The fourth-order valence-electron chi connectivity index (χ4n) is 2.37. The maximum atomic E-state index is 12.9. The Labute approximate surface area is 162 Å². The van der Waals surface area contributed by atoms with Gasteiger partial charge in [0.15, 0.2) is 5.15 Å². The van der Waals surface area contributed by atoms with Gasteiger partial charge < -0.3 is 9.80 Å². The molecular weight excluding hydrogens is 374 g/mol. The van der Waals surface area contributed by atoms with Crippen LogP contribution in [0.5, 0.6) is 0 Å². The van der Waals surface area contributed by atoms with Crippen LogP contribution in [0.3, 0.4) is 0 Å². The van der Waals surface area contributed by atoms with Gasteiger partial charge in [0.25, 0.3) is 5.24 Å². The molecule has 140 valence electrons. The van der Waals surface area contributed by atoms with Gasteiger partial charge in [-0.15, -0.1) is 0 Å². The van der Waals surface area contributed by atoms with E-state index >= 15 is 0 Å². The van der Waals surface area contributed by atoms with Crippen LogP contribution in [0.25, 0.3) is 5.69 Å². The number of aromatic nitrogens is 3. The summed E-state index contributed by atoms with van der Waals surface area (Å²) in [5.41, 5.74) is 1.24. The summed E-state index contributed by atoms with van der Waals surface area (Å²) in [6, 6.07) is 3.02. The average molecular weight is 396 g/mol. The summed E-state index contributed by atoms with van der Waals surface area (Å²) in [6.07, 6.45) is 5.01. The smallest absolute Gasteiger partial charge is 0.282 e. The van der Waals surface area contributed by atoms with E-state index in [1.807, 2.05) is 19.9 Å². The van der Waals surface area contributed by atoms with Crippen molar-refractivity contribution >= 4 is 40.2 Å². The number of halogens is 1. The van der Waals surface area contributed by atoms with E-state index in [1.54, 1.807) is 43.3 Å². The van der Waals surface area contributed by atoms with Gasteiger partial charge in [-0.2, -0.15) is 5.10 Å². The SMILES string of the molecule is CCSC(=O)N(C)C(C)C(=O)N(CC)c1cn(-c2cccnc2)nc1Cl. The third-order valence-electron chi connectivity index (χ3n) is 3.93. The molecule has 2 amide bonds. The van der Waals surface area contributed by atoms with Crippen LogP contribution in [0.4, 0.5) is 10.5 Å². The molecule has 1 unspecified atom stereocenters. The fraction of sp³-hybridized carbons (Fsp3) is 0.412. The number of thioether (sulfide) groups is 1. The van der Waals surface area contributed by atoms with Crippen LogP contribution in [0, 0.1) is 0 Å². The molecule has 0 aliphatic rings. The average Bonchev–Trinajstić information content (AvgIpc) is 3.03. The van der Waals surface area contributed by atoms with Crippen LogP contribution in [-0.2, 0) is 4.79 Å². The number of hydrogen-bond acceptors (Lipinski definition) is 5. The van der Waals surface area contributed by atoms with E-state index < -0.39 is 6.04 Å². The lowest BCUT2D eigenvalue weighted by Gasteiger charge is -2.29. The molecule has 0 spiro atoms. The van der Waals surface area contributed by atoms with Crippen molar-refractivity contribution in [1.29, 1.82) is 0 Å². The second-order valence-electron chi connectivity index (χ2n) is 5.53. The van der Waals surface area contributed by atoms with Crippen LogP contribution in [0.15, 0.2) is 30.7 Å². The Morgan fingerprint density at radius 2 is 2.12 bits per heavy atom. The number of likely N-dealkylation sites (N-methyl/N-ethyl adjacent to an activating group) is 2. The van der Waals surface area contributed by atoms with Crippen molar-refractivity contribution in [2.75, 3.05) is 24.2 Å². The molecule has 7 nitrogen and oxygen atoms in total. The molecule has 0 aliphatic heterocycles. The summed E-state index contributed by atoms with van der Waals surface area (Å²) in [6.45, 7) is 5.86. The van der Waals surface area contributed by atoms with E-state index in [2.05, 4.69) is 10.1 Å². The van der Waals surface area contributed by atoms with Crippen molar-refractivity contribution in [1.82, 2.24) is 19.7 Å². The van der Waals surface area contributed by atoms with Gasteiger partial charge in [-0.3, -0.25) is 14.6 Å². The molecule has 0 aromatic carbocycles. The van der Waals surface area contributed by atoms with Crippen molar-refractivity contribution in [2.45, 2.75) is 26.8 Å². The summed E-state index contributed by atoms with van der Waals surface area (Å²) < 4.78 is 1.58. The largest absolute Gasteiger partial charge is 0.325 e. The standard InChI is InChI=1S/C17H22ClN5O2S/c1-5-22(16(24)12(3)21(4)17(25)26-6-2)14-11-23(20-15(14)18)13-8-7-9-19-10-13/h7-12H,5-6H2,1-4H3. The van der Waals surface area contributed by atoms with E-state index in [9.17, 15) is 9.59 Å². The first-order valence-corrected chi connectivity index (χ1v) is 9.63. The molecule has 2 rings (SSSR count). The van der Waals surface area contributed by atoms with E-state index in [0.29, 0.717) is 18.0 Å². The highest BCUT2D eigenvalue weighted by molar-refractivity contribution is 8.13. The van der Waals surface area contributed by atoms with Gasteiger partial charge in [-0.25, -0.2) is 4.68 Å². The fourth-order valence-corrected chi connectivity index (χ4v) is 3.21. The Balaban J connectivity index is 2.26. The van der Waals surface area contributed by atoms with Crippen LogP contribution >= 0.6 is 23.4 Å². The van der Waals surface area contributed by atoms with Gasteiger partial charge in [-0.05, 0) is 31.7 Å². The molecule has 0 saturated carbocycles. The summed E-state index contributed by atoms with van der Waals surface area (Å²) in [5, 5.41) is 4.34. The Kier molecular flexibility index (Phi) is 7.05. The Hall–Kier alpha value is -2.06. The zero-order valence-electron chi connectivity index (χ0n) is 15.2. The molecule has 2 aromatic heterocycles. The number of amides is 2. The highest BCUT2D eigenvalue weighted by Gasteiger charge is 2.29. The molecule has 1 atom stereocenters. The predicted molar refractivity (Wildman–Crippen MR) is 105 cm³/mol. The van der Waals surface area contributed by atoms with Crippen molar-refractivity contribution < 1.29 is 9.59 Å². The number of carbonyl (C=O) groups is 2. The zero-order valence-corrected chi connectivity index (χ0v) is 16.8. The summed E-state index contributed by atoms with van der Waals surface area (Å²) in [4.78, 5) is 32.0. The Bertz CT molecular complexity index is 768. The van der Waals surface area contributed by atoms with Gasteiger partial charge >= 0.3 is 0 Å². The molecular formula is C17H22ClN5O2S. The number of hydrogen-bond donors (Lipinski definition) is 0. The van der Waals surface area contributed by atoms with Crippen LogP contribution in [-0.4, -0.2) is 56.2 Å². The van der Waals surface area contributed by atoms with Crippen molar-refractivity contribution in [3.05, 3.63) is 35.9 Å². The third-order valence-corrected chi connectivity index (χ3v) is 5.02. The van der Waals surface area contributed by atoms with Crippen LogP contribution in [0.2, 0.25) is 5.15 Å². The van der Waals surface area contributed by atoms with Crippen molar-refractivity contribution in [2.24, 2.45) is 0 Å². The summed E-state index contributed by atoms with van der Waals surface area (Å²) in [5.74, 6) is 0.443. The molecule has 0 aliphatic carbocycles. The quantitative estimate of drug-likeness (QED) is 0.748. The monoisotopic (exact) mass is 395 g/mol. The topological polar surface area (TPSA) is 71.3 Å². The first kappa shape index (κ1) is 20.3. The molecule has 9 heteroatoms. The minimum atomic E-state index is -0.612. The van der Waals surface area contributed by atoms with Gasteiger partial charge in [0.05, 0.1) is 18.1 Å². The van der Waals surface area contributed by atoms with Gasteiger partial charge in [0.2, 0.25) is 5.91 Å². The summed E-state index contributed by atoms with van der Waals surface area (Å²) >= 11 is 7.45. The van der Waals surface area contributed by atoms with E-state index in [-0.39, 0.29) is 16.3 Å². The first-order valence-electron chi connectivity index (χ1n) is 8.27. The number of nitrogens with zero attached hydrogens (tertiary/aromatic N) is 5. The number of pyridine rings is 1. The number of carbonyl (C=O) groups excluding carboxylic acids is 2. The minimum Gasteiger partial charge on any atom is -0.325 e. The van der Waals surface area contributed by atoms with Gasteiger partial charge in [0, 0.05) is 19.8 Å². The minimum absolute atomic E-state index is 0.137. The highest BCUT2D eigenvalue weighted by Crippen LogP contribution is 2.27. The van der Waals surface area contributed by atoms with Gasteiger partial charge in [0.1, 0.15) is 11.7 Å². The van der Waals surface area contributed by atoms with E-state index in [1.165, 1.54) is 21.6 Å². The molecule has 0 radical (unpaired) electrons. The molecule has 0 saturated heterocycles. The molecule has 0 fully saturated rings. The van der Waals surface area contributed by atoms with Gasteiger partial charge in [-0.1, -0.05) is 30.3 Å². The highest BCUT2D eigenvalue weighted by atomic mass is 35.5. The van der Waals surface area contributed by atoms with Crippen LogP contribution in [0.1, 0.15) is 20.8 Å². The molecule has 2 heterocycles.